The topological polar surface area (TPSA) is 117 Å². The van der Waals surface area contributed by atoms with E-state index in [9.17, 15) is 0 Å². The first-order valence-corrected chi connectivity index (χ1v) is 8.76. The summed E-state index contributed by atoms with van der Waals surface area (Å²) in [5, 5.41) is 1.20. The van der Waals surface area contributed by atoms with Crippen molar-refractivity contribution in [1.29, 1.82) is 0 Å². The van der Waals surface area contributed by atoms with E-state index in [1.165, 1.54) is 37.5 Å². The van der Waals surface area contributed by atoms with E-state index >= 15 is 0 Å². The van der Waals surface area contributed by atoms with E-state index in [4.69, 9.17) is 25.0 Å². The Kier molecular flexibility index (Phi) is 8.24. The van der Waals surface area contributed by atoms with Crippen molar-refractivity contribution in [3.05, 3.63) is 42.6 Å². The fourth-order valence-electron chi connectivity index (χ4n) is 2.15. The van der Waals surface area contributed by atoms with Crippen LogP contribution in [0.3, 0.4) is 0 Å². The van der Waals surface area contributed by atoms with Crippen molar-refractivity contribution < 1.29 is 19.2 Å². The van der Waals surface area contributed by atoms with Gasteiger partial charge in [0.25, 0.3) is 0 Å². The SMILES string of the molecule is NC1CCCCC1.O=P(O)(O)O.c1ccc2ncccc2c1. The first-order chi connectivity index (χ1) is 10.4. The van der Waals surface area contributed by atoms with E-state index in [1.807, 2.05) is 30.5 Å². The first-order valence-electron chi connectivity index (χ1n) is 7.20. The molecule has 1 aromatic carbocycles. The maximum atomic E-state index is 8.88. The fraction of sp³-hybridized carbons (Fsp3) is 0.400. The summed E-state index contributed by atoms with van der Waals surface area (Å²) in [5.41, 5.74) is 6.69. The van der Waals surface area contributed by atoms with Gasteiger partial charge in [-0.05, 0) is 25.0 Å². The zero-order valence-corrected chi connectivity index (χ0v) is 13.3. The molecule has 1 heterocycles. The molecule has 6 nitrogen and oxygen atoms in total. The van der Waals surface area contributed by atoms with Crippen LogP contribution in [0.15, 0.2) is 42.6 Å². The smallest absolute Gasteiger partial charge is 0.328 e. The van der Waals surface area contributed by atoms with Gasteiger partial charge in [-0.1, -0.05) is 43.5 Å². The molecule has 0 spiro atoms. The van der Waals surface area contributed by atoms with E-state index in [2.05, 4.69) is 17.1 Å². The number of aromatic nitrogens is 1. The van der Waals surface area contributed by atoms with Gasteiger partial charge in [0.1, 0.15) is 0 Å². The van der Waals surface area contributed by atoms with E-state index in [-0.39, 0.29) is 0 Å². The van der Waals surface area contributed by atoms with Crippen LogP contribution in [0.5, 0.6) is 0 Å². The highest BCUT2D eigenvalue weighted by Gasteiger charge is 2.06. The molecule has 3 rings (SSSR count). The lowest BCUT2D eigenvalue weighted by Crippen LogP contribution is -2.22. The van der Waals surface area contributed by atoms with Crippen molar-refractivity contribution >= 4 is 18.7 Å². The molecule has 22 heavy (non-hydrogen) atoms. The number of pyridine rings is 1. The Morgan fingerprint density at radius 3 is 2.05 bits per heavy atom. The van der Waals surface area contributed by atoms with Crippen LogP contribution in [0, 0.1) is 0 Å². The highest BCUT2D eigenvalue weighted by Crippen LogP contribution is 2.25. The summed E-state index contributed by atoms with van der Waals surface area (Å²) < 4.78 is 8.88. The normalized spacial score (nSPS) is 15.3. The summed E-state index contributed by atoms with van der Waals surface area (Å²) in [6.45, 7) is 0. The second kappa shape index (κ2) is 9.66. The third kappa shape index (κ3) is 9.60. The molecule has 0 radical (unpaired) electrons. The molecule has 0 bridgehead atoms. The third-order valence-electron chi connectivity index (χ3n) is 3.16. The Bertz CT molecular complexity index is 523. The molecular formula is C15H23N2O4P. The van der Waals surface area contributed by atoms with Gasteiger partial charge in [0.2, 0.25) is 0 Å². The Balaban J connectivity index is 0.000000178. The van der Waals surface area contributed by atoms with Crippen molar-refractivity contribution in [1.82, 2.24) is 4.98 Å². The highest BCUT2D eigenvalue weighted by molar-refractivity contribution is 7.45. The first kappa shape index (κ1) is 18.7. The number of fused-ring (bicyclic) bond motifs is 1. The summed E-state index contributed by atoms with van der Waals surface area (Å²) in [6, 6.07) is 12.6. The Morgan fingerprint density at radius 2 is 1.55 bits per heavy atom. The van der Waals surface area contributed by atoms with Crippen LogP contribution < -0.4 is 5.73 Å². The maximum absolute atomic E-state index is 8.88. The van der Waals surface area contributed by atoms with Gasteiger partial charge in [-0.3, -0.25) is 4.98 Å². The van der Waals surface area contributed by atoms with Gasteiger partial charge < -0.3 is 20.4 Å². The Labute approximate surface area is 130 Å². The molecule has 1 aliphatic rings. The number of hydrogen-bond donors (Lipinski definition) is 4. The molecule has 5 N–H and O–H groups in total. The van der Waals surface area contributed by atoms with E-state index in [0.29, 0.717) is 6.04 Å². The second-order valence-corrected chi connectivity index (χ2v) is 6.13. The lowest BCUT2D eigenvalue weighted by molar-refractivity contribution is 0.275. The van der Waals surface area contributed by atoms with Crippen molar-refractivity contribution in [2.24, 2.45) is 5.73 Å². The third-order valence-corrected chi connectivity index (χ3v) is 3.16. The second-order valence-electron chi connectivity index (χ2n) is 5.11. The quantitative estimate of drug-likeness (QED) is 0.553. The van der Waals surface area contributed by atoms with Gasteiger partial charge in [-0.15, -0.1) is 0 Å². The average Bonchev–Trinajstić information content (AvgIpc) is 2.47. The van der Waals surface area contributed by atoms with Gasteiger partial charge in [0, 0.05) is 17.6 Å². The average molecular weight is 326 g/mol. The molecule has 1 aromatic heterocycles. The van der Waals surface area contributed by atoms with Gasteiger partial charge in [-0.25, -0.2) is 4.57 Å². The lowest BCUT2D eigenvalue weighted by atomic mass is 9.97. The number of benzene rings is 1. The molecule has 1 saturated carbocycles. The van der Waals surface area contributed by atoms with Crippen LogP contribution in [0.25, 0.3) is 10.9 Å². The number of nitrogens with two attached hydrogens (primary N) is 1. The van der Waals surface area contributed by atoms with Crippen molar-refractivity contribution in [3.8, 4) is 0 Å². The predicted molar refractivity (Wildman–Crippen MR) is 87.1 cm³/mol. The van der Waals surface area contributed by atoms with Crippen LogP contribution in [0.4, 0.5) is 0 Å². The zero-order valence-electron chi connectivity index (χ0n) is 12.4. The van der Waals surface area contributed by atoms with Crippen LogP contribution >= 0.6 is 7.82 Å². The van der Waals surface area contributed by atoms with Gasteiger partial charge in [0.15, 0.2) is 0 Å². The number of para-hydroxylation sites is 1. The van der Waals surface area contributed by atoms with Crippen molar-refractivity contribution in [2.75, 3.05) is 0 Å². The van der Waals surface area contributed by atoms with Crippen LogP contribution in [0.2, 0.25) is 0 Å². The summed E-state index contributed by atoms with van der Waals surface area (Å²) in [6.07, 6.45) is 8.47. The lowest BCUT2D eigenvalue weighted by Gasteiger charge is -2.15. The Hall–Kier alpha value is -1.30. The van der Waals surface area contributed by atoms with Gasteiger partial charge >= 0.3 is 7.82 Å². The molecule has 0 aliphatic heterocycles. The van der Waals surface area contributed by atoms with Crippen molar-refractivity contribution in [3.63, 3.8) is 0 Å². The molecule has 0 amide bonds. The molecule has 0 saturated heterocycles. The minimum absolute atomic E-state index is 0.536. The molecule has 1 aliphatic carbocycles. The largest absolute Gasteiger partial charge is 0.466 e. The fourth-order valence-corrected chi connectivity index (χ4v) is 2.15. The molecule has 122 valence electrons. The van der Waals surface area contributed by atoms with Crippen molar-refractivity contribution in [2.45, 2.75) is 38.1 Å². The maximum Gasteiger partial charge on any atom is 0.466 e. The number of rotatable bonds is 0. The molecule has 0 atom stereocenters. The summed E-state index contributed by atoms with van der Waals surface area (Å²) in [5.74, 6) is 0. The highest BCUT2D eigenvalue weighted by atomic mass is 31.2. The molecule has 0 unspecified atom stereocenters. The summed E-state index contributed by atoms with van der Waals surface area (Å²) in [7, 11) is -4.64. The predicted octanol–water partition coefficient (Wildman–Crippen LogP) is 2.58. The molecule has 1 fully saturated rings. The van der Waals surface area contributed by atoms with Crippen LogP contribution in [-0.2, 0) is 4.57 Å². The standard InChI is InChI=1S/C9H7N.C6H13N.H3O4P/c1-2-6-9-8(4-1)5-3-7-10-9;7-6-4-2-1-3-5-6;1-5(2,3)4/h1-7H;6H,1-5,7H2;(H3,1,2,3,4). The summed E-state index contributed by atoms with van der Waals surface area (Å²) >= 11 is 0. The summed E-state index contributed by atoms with van der Waals surface area (Å²) in [4.78, 5) is 25.7. The van der Waals surface area contributed by atoms with Crippen LogP contribution in [0.1, 0.15) is 32.1 Å². The van der Waals surface area contributed by atoms with Crippen LogP contribution in [-0.4, -0.2) is 25.7 Å². The number of nitrogens with zero attached hydrogens (tertiary/aromatic N) is 1. The Morgan fingerprint density at radius 1 is 1.00 bits per heavy atom. The van der Waals surface area contributed by atoms with Gasteiger partial charge in [0.05, 0.1) is 5.52 Å². The number of hydrogen-bond acceptors (Lipinski definition) is 3. The van der Waals surface area contributed by atoms with E-state index < -0.39 is 7.82 Å². The molecule has 7 heteroatoms. The zero-order chi connectivity index (χ0) is 16.4. The monoisotopic (exact) mass is 326 g/mol. The van der Waals surface area contributed by atoms with E-state index in [1.54, 1.807) is 0 Å². The molecular weight excluding hydrogens is 303 g/mol. The van der Waals surface area contributed by atoms with E-state index in [0.717, 1.165) is 5.52 Å². The minimum atomic E-state index is -4.64. The van der Waals surface area contributed by atoms with Gasteiger partial charge in [-0.2, -0.15) is 0 Å². The number of phosphoric acid groups is 1. The minimum Gasteiger partial charge on any atom is -0.328 e. The molecule has 2 aromatic rings.